The third-order valence-corrected chi connectivity index (χ3v) is 4.64. The number of nitrogens with zero attached hydrogens (tertiary/aromatic N) is 4. The molecular weight excluding hydrogens is 304 g/mol. The Bertz CT molecular complexity index is 640. The zero-order chi connectivity index (χ0) is 17.5. The first-order valence-corrected chi connectivity index (χ1v) is 8.63. The number of aryl methyl sites for hydroxylation is 1. The minimum Gasteiger partial charge on any atom is -0.370 e. The molecule has 1 saturated heterocycles. The number of hydrogen-bond donors (Lipinski definition) is 2. The van der Waals surface area contributed by atoms with E-state index in [1.807, 2.05) is 24.3 Å². The molecule has 1 amide bonds. The maximum atomic E-state index is 12.7. The van der Waals surface area contributed by atoms with Crippen molar-refractivity contribution in [2.24, 2.45) is 23.7 Å². The second kappa shape index (κ2) is 6.11. The average molecular weight is 332 g/mol. The molecule has 1 aliphatic carbocycles. The number of nitrogens with one attached hydrogen (secondary N) is 1. The Morgan fingerprint density at radius 2 is 2.17 bits per heavy atom. The summed E-state index contributed by atoms with van der Waals surface area (Å²) in [4.78, 5) is 19.1. The van der Waals surface area contributed by atoms with E-state index < -0.39 is 0 Å². The van der Waals surface area contributed by atoms with Crippen LogP contribution in [0.5, 0.6) is 0 Å². The van der Waals surface area contributed by atoms with E-state index in [1.165, 1.54) is 0 Å². The van der Waals surface area contributed by atoms with Crippen LogP contribution in [0.25, 0.3) is 0 Å². The first kappa shape index (κ1) is 16.8. The lowest BCUT2D eigenvalue weighted by Crippen LogP contribution is -2.44. The Morgan fingerprint density at radius 3 is 2.71 bits per heavy atom. The lowest BCUT2D eigenvalue weighted by atomic mass is 9.93. The summed E-state index contributed by atoms with van der Waals surface area (Å²) in [7, 11) is 1.90. The van der Waals surface area contributed by atoms with Gasteiger partial charge in [0.25, 0.3) is 0 Å². The SMILES string of the molecule is Cn1cc([C@H]2[C@H](CN=C(N)NC3CC3)CC(=O)N2C(C)(C)C)cn1. The molecule has 2 fully saturated rings. The minimum absolute atomic E-state index is 0.0105. The van der Waals surface area contributed by atoms with Crippen molar-refractivity contribution in [3.63, 3.8) is 0 Å². The van der Waals surface area contributed by atoms with E-state index in [9.17, 15) is 4.79 Å². The highest BCUT2D eigenvalue weighted by Gasteiger charge is 2.45. The monoisotopic (exact) mass is 332 g/mol. The van der Waals surface area contributed by atoms with E-state index in [4.69, 9.17) is 5.73 Å². The van der Waals surface area contributed by atoms with Gasteiger partial charge in [0, 0.05) is 49.3 Å². The summed E-state index contributed by atoms with van der Waals surface area (Å²) in [6.45, 7) is 6.76. The number of nitrogens with two attached hydrogens (primary N) is 1. The molecule has 7 nitrogen and oxygen atoms in total. The highest BCUT2D eigenvalue weighted by atomic mass is 16.2. The third-order valence-electron chi connectivity index (χ3n) is 4.64. The predicted octanol–water partition coefficient (Wildman–Crippen LogP) is 1.17. The zero-order valence-electron chi connectivity index (χ0n) is 15.0. The van der Waals surface area contributed by atoms with Crippen molar-refractivity contribution in [2.75, 3.05) is 6.54 Å². The van der Waals surface area contributed by atoms with E-state index in [1.54, 1.807) is 4.68 Å². The molecule has 7 heteroatoms. The predicted molar refractivity (Wildman–Crippen MR) is 93.3 cm³/mol. The number of rotatable bonds is 4. The van der Waals surface area contributed by atoms with Gasteiger partial charge in [0.05, 0.1) is 12.2 Å². The molecule has 0 unspecified atom stereocenters. The highest BCUT2D eigenvalue weighted by molar-refractivity contribution is 5.81. The van der Waals surface area contributed by atoms with Gasteiger partial charge in [0.15, 0.2) is 5.96 Å². The van der Waals surface area contributed by atoms with Crippen LogP contribution < -0.4 is 11.1 Å². The largest absolute Gasteiger partial charge is 0.370 e. The van der Waals surface area contributed by atoms with Crippen LogP contribution in [-0.2, 0) is 11.8 Å². The van der Waals surface area contributed by atoms with Crippen LogP contribution in [0.4, 0.5) is 0 Å². The van der Waals surface area contributed by atoms with Gasteiger partial charge in [0.1, 0.15) is 0 Å². The van der Waals surface area contributed by atoms with Gasteiger partial charge in [-0.2, -0.15) is 5.10 Å². The van der Waals surface area contributed by atoms with E-state index in [-0.39, 0.29) is 23.4 Å². The number of aromatic nitrogens is 2. The topological polar surface area (TPSA) is 88.5 Å². The second-order valence-corrected chi connectivity index (χ2v) is 7.94. The van der Waals surface area contributed by atoms with Gasteiger partial charge < -0.3 is 16.0 Å². The summed E-state index contributed by atoms with van der Waals surface area (Å²) in [5, 5.41) is 7.49. The molecule has 2 aliphatic rings. The van der Waals surface area contributed by atoms with Crippen molar-refractivity contribution in [1.82, 2.24) is 20.0 Å². The van der Waals surface area contributed by atoms with Crippen molar-refractivity contribution >= 4 is 11.9 Å². The lowest BCUT2D eigenvalue weighted by Gasteiger charge is -2.38. The standard InChI is InChI=1S/C17H28N6O/c1-17(2,3)23-14(24)7-11(8-19-16(18)21-13-5-6-13)15(23)12-9-20-22(4)10-12/h9-11,13,15H,5-8H2,1-4H3,(H3,18,19,21)/t11-,15+/m0/s1. The van der Waals surface area contributed by atoms with Gasteiger partial charge in [-0.05, 0) is 33.6 Å². The molecule has 0 aromatic carbocycles. The summed E-state index contributed by atoms with van der Waals surface area (Å²) >= 11 is 0. The maximum Gasteiger partial charge on any atom is 0.223 e. The van der Waals surface area contributed by atoms with Crippen LogP contribution in [0.15, 0.2) is 17.4 Å². The van der Waals surface area contributed by atoms with Gasteiger partial charge in [-0.1, -0.05) is 0 Å². The molecule has 3 rings (SSSR count). The lowest BCUT2D eigenvalue weighted by molar-refractivity contribution is -0.133. The van der Waals surface area contributed by atoms with E-state index in [0.29, 0.717) is 25.0 Å². The molecule has 1 aliphatic heterocycles. The van der Waals surface area contributed by atoms with Crippen LogP contribution >= 0.6 is 0 Å². The summed E-state index contributed by atoms with van der Waals surface area (Å²) in [5.74, 6) is 0.773. The number of carbonyl (C=O) groups is 1. The van der Waals surface area contributed by atoms with Gasteiger partial charge in [0.2, 0.25) is 5.91 Å². The smallest absolute Gasteiger partial charge is 0.223 e. The molecule has 132 valence electrons. The minimum atomic E-state index is -0.242. The van der Waals surface area contributed by atoms with Crippen LogP contribution in [0.2, 0.25) is 0 Å². The van der Waals surface area contributed by atoms with Crippen molar-refractivity contribution in [3.8, 4) is 0 Å². The molecule has 1 aromatic rings. The molecule has 3 N–H and O–H groups in total. The molecular formula is C17H28N6O. The summed E-state index contributed by atoms with van der Waals surface area (Å²) in [5.41, 5.74) is 6.78. The molecule has 0 bridgehead atoms. The third kappa shape index (κ3) is 3.55. The van der Waals surface area contributed by atoms with E-state index >= 15 is 0 Å². The molecule has 1 saturated carbocycles. The van der Waals surface area contributed by atoms with Crippen LogP contribution in [0, 0.1) is 5.92 Å². The number of aliphatic imine (C=N–C) groups is 1. The van der Waals surface area contributed by atoms with Gasteiger partial charge in [-0.3, -0.25) is 14.5 Å². The Labute approximate surface area is 143 Å². The molecule has 2 atom stereocenters. The van der Waals surface area contributed by atoms with Crippen LogP contribution in [-0.4, -0.2) is 44.7 Å². The summed E-state index contributed by atoms with van der Waals surface area (Å²) in [6, 6.07) is 0.475. The van der Waals surface area contributed by atoms with Crippen molar-refractivity contribution in [2.45, 2.75) is 57.7 Å². The number of carbonyl (C=O) groups excluding carboxylic acids is 1. The van der Waals surface area contributed by atoms with Crippen molar-refractivity contribution in [1.29, 1.82) is 0 Å². The molecule has 1 aromatic heterocycles. The van der Waals surface area contributed by atoms with Gasteiger partial charge in [-0.25, -0.2) is 0 Å². The Kier molecular flexibility index (Phi) is 4.27. The Balaban J connectivity index is 1.82. The van der Waals surface area contributed by atoms with Crippen molar-refractivity contribution < 1.29 is 4.79 Å². The molecule has 0 spiro atoms. The molecule has 0 radical (unpaired) electrons. The Morgan fingerprint density at radius 1 is 1.46 bits per heavy atom. The highest BCUT2D eigenvalue weighted by Crippen LogP contribution is 2.42. The summed E-state index contributed by atoms with van der Waals surface area (Å²) in [6.07, 6.45) is 6.66. The molecule has 2 heterocycles. The molecule has 24 heavy (non-hydrogen) atoms. The van der Waals surface area contributed by atoms with Gasteiger partial charge >= 0.3 is 0 Å². The van der Waals surface area contributed by atoms with E-state index in [0.717, 1.165) is 18.4 Å². The number of guanidine groups is 1. The first-order valence-electron chi connectivity index (χ1n) is 8.63. The van der Waals surface area contributed by atoms with Crippen molar-refractivity contribution in [3.05, 3.63) is 18.0 Å². The van der Waals surface area contributed by atoms with Gasteiger partial charge in [-0.15, -0.1) is 0 Å². The number of hydrogen-bond acceptors (Lipinski definition) is 3. The fraction of sp³-hybridized carbons (Fsp3) is 0.706. The average Bonchev–Trinajstić information content (AvgIpc) is 3.06. The maximum absolute atomic E-state index is 12.7. The summed E-state index contributed by atoms with van der Waals surface area (Å²) < 4.78 is 1.78. The fourth-order valence-corrected chi connectivity index (χ4v) is 3.47. The van der Waals surface area contributed by atoms with Crippen LogP contribution in [0.3, 0.4) is 0 Å². The van der Waals surface area contributed by atoms with Crippen LogP contribution in [0.1, 0.15) is 51.6 Å². The Hall–Kier alpha value is -2.05. The van der Waals surface area contributed by atoms with E-state index in [2.05, 4.69) is 36.2 Å². The number of amides is 1. The fourth-order valence-electron chi connectivity index (χ4n) is 3.47. The second-order valence-electron chi connectivity index (χ2n) is 7.94. The number of likely N-dealkylation sites (tertiary alicyclic amines) is 1. The quantitative estimate of drug-likeness (QED) is 0.640. The first-order chi connectivity index (χ1) is 11.3. The zero-order valence-corrected chi connectivity index (χ0v) is 15.0. The normalized spacial score (nSPS) is 25.4.